The summed E-state index contributed by atoms with van der Waals surface area (Å²) < 4.78 is 5.53. The zero-order chi connectivity index (χ0) is 21.3. The Kier molecular flexibility index (Phi) is 5.44. The number of carbonyl (C=O) groups excluding carboxylic acids is 3. The molecule has 7 heteroatoms. The van der Waals surface area contributed by atoms with Crippen LogP contribution in [0.2, 0.25) is 0 Å². The quantitative estimate of drug-likeness (QED) is 0.841. The maximum absolute atomic E-state index is 12.8. The second kappa shape index (κ2) is 8.18. The first-order valence-corrected chi connectivity index (χ1v) is 10.1. The van der Waals surface area contributed by atoms with Gasteiger partial charge in [-0.05, 0) is 55.2 Å². The molecular formula is C23H25N3O4. The van der Waals surface area contributed by atoms with Gasteiger partial charge in [-0.2, -0.15) is 0 Å². The molecule has 2 N–H and O–H groups in total. The highest BCUT2D eigenvalue weighted by Crippen LogP contribution is 2.34. The van der Waals surface area contributed by atoms with Crippen LogP contribution in [0.25, 0.3) is 0 Å². The third-order valence-electron chi connectivity index (χ3n) is 5.78. The van der Waals surface area contributed by atoms with E-state index in [-0.39, 0.29) is 30.2 Å². The van der Waals surface area contributed by atoms with Crippen molar-refractivity contribution in [1.29, 1.82) is 0 Å². The van der Waals surface area contributed by atoms with Crippen molar-refractivity contribution in [3.05, 3.63) is 59.2 Å². The van der Waals surface area contributed by atoms with Gasteiger partial charge < -0.3 is 20.3 Å². The lowest BCUT2D eigenvalue weighted by Gasteiger charge is -2.31. The molecule has 0 saturated carbocycles. The molecule has 2 aliphatic heterocycles. The van der Waals surface area contributed by atoms with Crippen LogP contribution in [0.1, 0.15) is 34.3 Å². The number of ether oxygens (including phenoxy) is 1. The van der Waals surface area contributed by atoms with E-state index in [9.17, 15) is 14.4 Å². The monoisotopic (exact) mass is 407 g/mol. The molecular weight excluding hydrogens is 382 g/mol. The van der Waals surface area contributed by atoms with Gasteiger partial charge in [0.15, 0.2) is 6.61 Å². The zero-order valence-corrected chi connectivity index (χ0v) is 17.0. The maximum atomic E-state index is 12.8. The SMILES string of the molecule is Cc1ccc2c(c1)N(Cc1ccc(C(=O)N3CCC(C(N)=O)CC3)cc1)C(=O)CO2. The van der Waals surface area contributed by atoms with Crippen molar-refractivity contribution < 1.29 is 19.1 Å². The van der Waals surface area contributed by atoms with Gasteiger partial charge in [0, 0.05) is 24.6 Å². The fourth-order valence-corrected chi connectivity index (χ4v) is 3.97. The van der Waals surface area contributed by atoms with Gasteiger partial charge in [-0.3, -0.25) is 14.4 Å². The Balaban J connectivity index is 1.45. The Morgan fingerprint density at radius 3 is 2.47 bits per heavy atom. The number of hydrogen-bond acceptors (Lipinski definition) is 4. The van der Waals surface area contributed by atoms with Gasteiger partial charge >= 0.3 is 0 Å². The molecule has 0 aliphatic carbocycles. The number of amides is 3. The van der Waals surface area contributed by atoms with Crippen LogP contribution in [-0.2, 0) is 16.1 Å². The van der Waals surface area contributed by atoms with Crippen molar-refractivity contribution in [2.45, 2.75) is 26.3 Å². The van der Waals surface area contributed by atoms with E-state index in [4.69, 9.17) is 10.5 Å². The number of nitrogens with two attached hydrogens (primary N) is 1. The number of fused-ring (bicyclic) bond motifs is 1. The van der Waals surface area contributed by atoms with E-state index >= 15 is 0 Å². The summed E-state index contributed by atoms with van der Waals surface area (Å²) in [5.41, 5.74) is 8.71. The van der Waals surface area contributed by atoms with Crippen LogP contribution in [-0.4, -0.2) is 42.3 Å². The van der Waals surface area contributed by atoms with E-state index in [0.29, 0.717) is 43.8 Å². The van der Waals surface area contributed by atoms with E-state index < -0.39 is 0 Å². The molecule has 2 heterocycles. The van der Waals surface area contributed by atoms with Crippen LogP contribution in [0.3, 0.4) is 0 Å². The smallest absolute Gasteiger partial charge is 0.265 e. The number of primary amides is 1. The van der Waals surface area contributed by atoms with Crippen LogP contribution >= 0.6 is 0 Å². The predicted molar refractivity (Wildman–Crippen MR) is 112 cm³/mol. The van der Waals surface area contributed by atoms with Crippen LogP contribution in [0, 0.1) is 12.8 Å². The molecule has 2 aromatic carbocycles. The number of nitrogens with zero attached hydrogens (tertiary/aromatic N) is 2. The average molecular weight is 407 g/mol. The van der Waals surface area contributed by atoms with Gasteiger partial charge in [0.1, 0.15) is 5.75 Å². The van der Waals surface area contributed by atoms with Gasteiger partial charge in [-0.1, -0.05) is 18.2 Å². The molecule has 0 bridgehead atoms. The summed E-state index contributed by atoms with van der Waals surface area (Å²) in [5, 5.41) is 0. The molecule has 0 unspecified atom stereocenters. The number of likely N-dealkylation sites (tertiary alicyclic amines) is 1. The van der Waals surface area contributed by atoms with Crippen LogP contribution in [0.4, 0.5) is 5.69 Å². The Bertz CT molecular complexity index is 978. The minimum atomic E-state index is -0.291. The number of anilines is 1. The number of aryl methyl sites for hydroxylation is 1. The molecule has 1 fully saturated rings. The first kappa shape index (κ1) is 19.9. The van der Waals surface area contributed by atoms with Gasteiger partial charge in [-0.15, -0.1) is 0 Å². The van der Waals surface area contributed by atoms with Crippen molar-refractivity contribution in [3.8, 4) is 5.75 Å². The van der Waals surface area contributed by atoms with E-state index in [1.807, 2.05) is 37.3 Å². The summed E-state index contributed by atoms with van der Waals surface area (Å²) in [7, 11) is 0. The number of carbonyl (C=O) groups is 3. The fourth-order valence-electron chi connectivity index (χ4n) is 3.97. The number of piperidine rings is 1. The van der Waals surface area contributed by atoms with Gasteiger partial charge in [0.05, 0.1) is 12.2 Å². The highest BCUT2D eigenvalue weighted by atomic mass is 16.5. The van der Waals surface area contributed by atoms with Crippen molar-refractivity contribution in [2.75, 3.05) is 24.6 Å². The largest absolute Gasteiger partial charge is 0.482 e. The standard InChI is InChI=1S/C23H25N3O4/c1-15-2-7-20-19(12-15)26(21(27)14-30-20)13-16-3-5-18(6-4-16)23(29)25-10-8-17(9-11-25)22(24)28/h2-7,12,17H,8-11,13-14H2,1H3,(H2,24,28). The van der Waals surface area contributed by atoms with Crippen molar-refractivity contribution in [2.24, 2.45) is 11.7 Å². The number of rotatable bonds is 4. The lowest BCUT2D eigenvalue weighted by atomic mass is 9.96. The van der Waals surface area contributed by atoms with Crippen molar-refractivity contribution in [1.82, 2.24) is 4.90 Å². The normalized spacial score (nSPS) is 16.8. The lowest BCUT2D eigenvalue weighted by molar-refractivity contribution is -0.123. The van der Waals surface area contributed by atoms with E-state index in [0.717, 1.165) is 16.8 Å². The van der Waals surface area contributed by atoms with E-state index in [1.54, 1.807) is 21.9 Å². The molecule has 2 aromatic rings. The highest BCUT2D eigenvalue weighted by Gasteiger charge is 2.27. The fraction of sp³-hybridized carbons (Fsp3) is 0.348. The Morgan fingerprint density at radius 1 is 1.10 bits per heavy atom. The third-order valence-corrected chi connectivity index (χ3v) is 5.78. The van der Waals surface area contributed by atoms with E-state index in [2.05, 4.69) is 0 Å². The molecule has 0 atom stereocenters. The topological polar surface area (TPSA) is 92.9 Å². The third kappa shape index (κ3) is 4.01. The molecule has 30 heavy (non-hydrogen) atoms. The zero-order valence-electron chi connectivity index (χ0n) is 17.0. The molecule has 156 valence electrons. The first-order chi connectivity index (χ1) is 14.4. The summed E-state index contributed by atoms with van der Waals surface area (Å²) in [4.78, 5) is 40.0. The molecule has 4 rings (SSSR count). The molecule has 7 nitrogen and oxygen atoms in total. The van der Waals surface area contributed by atoms with Crippen molar-refractivity contribution >= 4 is 23.4 Å². The maximum Gasteiger partial charge on any atom is 0.265 e. The molecule has 0 radical (unpaired) electrons. The Labute approximate surface area is 175 Å². The minimum absolute atomic E-state index is 0.0217. The average Bonchev–Trinajstić information content (AvgIpc) is 2.76. The molecule has 0 aromatic heterocycles. The van der Waals surface area contributed by atoms with Crippen LogP contribution in [0.5, 0.6) is 5.75 Å². The molecule has 2 aliphatic rings. The minimum Gasteiger partial charge on any atom is -0.482 e. The van der Waals surface area contributed by atoms with Crippen LogP contribution in [0.15, 0.2) is 42.5 Å². The highest BCUT2D eigenvalue weighted by molar-refractivity contribution is 5.98. The van der Waals surface area contributed by atoms with Crippen LogP contribution < -0.4 is 15.4 Å². The van der Waals surface area contributed by atoms with Gasteiger partial charge in [-0.25, -0.2) is 0 Å². The lowest BCUT2D eigenvalue weighted by Crippen LogP contribution is -2.41. The summed E-state index contributed by atoms with van der Waals surface area (Å²) in [6, 6.07) is 13.1. The summed E-state index contributed by atoms with van der Waals surface area (Å²) >= 11 is 0. The number of benzene rings is 2. The van der Waals surface area contributed by atoms with Gasteiger partial charge in [0.2, 0.25) is 5.91 Å². The molecule has 3 amide bonds. The summed E-state index contributed by atoms with van der Waals surface area (Å²) in [5.74, 6) is 0.125. The Hall–Kier alpha value is -3.35. The second-order valence-corrected chi connectivity index (χ2v) is 7.91. The predicted octanol–water partition coefficient (Wildman–Crippen LogP) is 2.26. The van der Waals surface area contributed by atoms with Crippen molar-refractivity contribution in [3.63, 3.8) is 0 Å². The van der Waals surface area contributed by atoms with E-state index in [1.165, 1.54) is 0 Å². The summed E-state index contributed by atoms with van der Waals surface area (Å²) in [6.45, 7) is 3.48. The number of hydrogen-bond donors (Lipinski definition) is 1. The molecule has 0 spiro atoms. The first-order valence-electron chi connectivity index (χ1n) is 10.1. The Morgan fingerprint density at radius 2 is 1.80 bits per heavy atom. The molecule has 1 saturated heterocycles. The summed E-state index contributed by atoms with van der Waals surface area (Å²) in [6.07, 6.45) is 1.22. The van der Waals surface area contributed by atoms with Gasteiger partial charge in [0.25, 0.3) is 11.8 Å². The second-order valence-electron chi connectivity index (χ2n) is 7.91.